The average molecular weight is 251 g/mol. The molecule has 17 heavy (non-hydrogen) atoms. The fourth-order valence-corrected chi connectivity index (χ4v) is 2.26. The predicted octanol–water partition coefficient (Wildman–Crippen LogP) is 1.73. The van der Waals surface area contributed by atoms with Crippen LogP contribution < -0.4 is 5.73 Å². The lowest BCUT2D eigenvalue weighted by Crippen LogP contribution is -2.11. The van der Waals surface area contributed by atoms with Crippen LogP contribution in [0.25, 0.3) is 0 Å². The third kappa shape index (κ3) is 2.57. The zero-order valence-corrected chi connectivity index (χ0v) is 10.1. The van der Waals surface area contributed by atoms with Crippen molar-refractivity contribution in [2.24, 2.45) is 5.73 Å². The molecule has 4 nitrogen and oxygen atoms in total. The van der Waals surface area contributed by atoms with Gasteiger partial charge in [0.25, 0.3) is 0 Å². The zero-order valence-electron chi connectivity index (χ0n) is 9.33. The van der Waals surface area contributed by atoms with Crippen molar-refractivity contribution in [3.05, 3.63) is 54.0 Å². The van der Waals surface area contributed by atoms with Crippen LogP contribution >= 0.6 is 0 Å². The summed E-state index contributed by atoms with van der Waals surface area (Å²) in [5.41, 5.74) is 7.58. The highest BCUT2D eigenvalue weighted by Gasteiger charge is 2.13. The van der Waals surface area contributed by atoms with Gasteiger partial charge in [0.05, 0.1) is 23.5 Å². The van der Waals surface area contributed by atoms with Crippen LogP contribution in [0.15, 0.2) is 52.2 Å². The van der Waals surface area contributed by atoms with E-state index in [1.807, 2.05) is 0 Å². The van der Waals surface area contributed by atoms with Gasteiger partial charge in [0, 0.05) is 11.8 Å². The summed E-state index contributed by atoms with van der Waals surface area (Å²) in [6.45, 7) is 0. The summed E-state index contributed by atoms with van der Waals surface area (Å²) in [4.78, 5) is 0.272. The van der Waals surface area contributed by atoms with Crippen molar-refractivity contribution in [3.63, 3.8) is 0 Å². The molecule has 1 aromatic heterocycles. The molecule has 1 aromatic carbocycles. The maximum Gasteiger partial charge on any atom is 0.175 e. The molecule has 2 aromatic rings. The number of nitrogens with two attached hydrogens (primary N) is 1. The van der Waals surface area contributed by atoms with Gasteiger partial charge in [-0.05, 0) is 23.8 Å². The highest BCUT2D eigenvalue weighted by Crippen LogP contribution is 2.22. The minimum atomic E-state index is -3.21. The first-order valence-electron chi connectivity index (χ1n) is 5.06. The van der Waals surface area contributed by atoms with Gasteiger partial charge in [-0.15, -0.1) is 0 Å². The van der Waals surface area contributed by atoms with Gasteiger partial charge >= 0.3 is 0 Å². The monoisotopic (exact) mass is 251 g/mol. The van der Waals surface area contributed by atoms with Crippen molar-refractivity contribution in [2.45, 2.75) is 10.9 Å². The third-order valence-corrected chi connectivity index (χ3v) is 3.66. The Morgan fingerprint density at radius 3 is 2.59 bits per heavy atom. The van der Waals surface area contributed by atoms with E-state index in [-0.39, 0.29) is 10.9 Å². The normalized spacial score (nSPS) is 13.5. The van der Waals surface area contributed by atoms with Gasteiger partial charge in [0.15, 0.2) is 9.84 Å². The van der Waals surface area contributed by atoms with E-state index < -0.39 is 9.84 Å². The molecule has 90 valence electrons. The van der Waals surface area contributed by atoms with Gasteiger partial charge in [0.1, 0.15) is 0 Å². The Kier molecular flexibility index (Phi) is 3.04. The Labute approximate surface area is 100.0 Å². The lowest BCUT2D eigenvalue weighted by molar-refractivity contribution is 0.562. The van der Waals surface area contributed by atoms with Crippen LogP contribution in [-0.4, -0.2) is 14.7 Å². The molecule has 1 unspecified atom stereocenters. The predicted molar refractivity (Wildman–Crippen MR) is 64.3 cm³/mol. The van der Waals surface area contributed by atoms with E-state index in [1.54, 1.807) is 36.6 Å². The molecule has 0 aliphatic heterocycles. The molecule has 0 saturated heterocycles. The van der Waals surface area contributed by atoms with E-state index >= 15 is 0 Å². The molecular weight excluding hydrogens is 238 g/mol. The minimum absolute atomic E-state index is 0.272. The quantitative estimate of drug-likeness (QED) is 0.901. The Bertz CT molecular complexity index is 602. The Hall–Kier alpha value is -1.59. The summed E-state index contributed by atoms with van der Waals surface area (Å²) < 4.78 is 27.8. The smallest absolute Gasteiger partial charge is 0.175 e. The third-order valence-electron chi connectivity index (χ3n) is 2.55. The number of furan rings is 1. The molecular formula is C12H13NO3S. The summed E-state index contributed by atoms with van der Waals surface area (Å²) in [5.74, 6) is 0. The van der Waals surface area contributed by atoms with Gasteiger partial charge in [-0.2, -0.15) is 0 Å². The SMILES string of the molecule is CS(=O)(=O)c1cccc(C(N)c2ccoc2)c1. The van der Waals surface area contributed by atoms with Crippen LogP contribution in [0.2, 0.25) is 0 Å². The molecule has 0 amide bonds. The average Bonchev–Trinajstić information content (AvgIpc) is 2.80. The topological polar surface area (TPSA) is 73.3 Å². The standard InChI is InChI=1S/C12H13NO3S/c1-17(14,15)11-4-2-3-9(7-11)12(13)10-5-6-16-8-10/h2-8,12H,13H2,1H3. The van der Waals surface area contributed by atoms with E-state index in [0.717, 1.165) is 11.1 Å². The molecule has 1 heterocycles. The molecule has 0 aliphatic carbocycles. The van der Waals surface area contributed by atoms with Gasteiger partial charge in [-0.25, -0.2) is 8.42 Å². The van der Waals surface area contributed by atoms with E-state index in [9.17, 15) is 8.42 Å². The molecule has 0 radical (unpaired) electrons. The second-order valence-electron chi connectivity index (χ2n) is 3.88. The largest absolute Gasteiger partial charge is 0.472 e. The van der Waals surface area contributed by atoms with Gasteiger partial charge < -0.3 is 10.2 Å². The highest BCUT2D eigenvalue weighted by molar-refractivity contribution is 7.90. The molecule has 0 spiro atoms. The lowest BCUT2D eigenvalue weighted by Gasteiger charge is -2.10. The molecule has 0 bridgehead atoms. The first-order valence-corrected chi connectivity index (χ1v) is 6.95. The minimum Gasteiger partial charge on any atom is -0.472 e. The fourth-order valence-electron chi connectivity index (χ4n) is 1.58. The van der Waals surface area contributed by atoms with E-state index in [2.05, 4.69) is 0 Å². The zero-order chi connectivity index (χ0) is 12.5. The maximum absolute atomic E-state index is 11.4. The van der Waals surface area contributed by atoms with Crippen molar-refractivity contribution < 1.29 is 12.8 Å². The van der Waals surface area contributed by atoms with Crippen molar-refractivity contribution in [2.75, 3.05) is 6.26 Å². The molecule has 5 heteroatoms. The first-order chi connectivity index (χ1) is 7.98. The number of sulfone groups is 1. The highest BCUT2D eigenvalue weighted by atomic mass is 32.2. The fraction of sp³-hybridized carbons (Fsp3) is 0.167. The van der Waals surface area contributed by atoms with E-state index in [4.69, 9.17) is 10.2 Å². The van der Waals surface area contributed by atoms with E-state index in [1.165, 1.54) is 12.5 Å². The molecule has 0 saturated carbocycles. The molecule has 2 N–H and O–H groups in total. The summed E-state index contributed by atoms with van der Waals surface area (Å²) in [7, 11) is -3.21. The summed E-state index contributed by atoms with van der Waals surface area (Å²) in [5, 5.41) is 0. The summed E-state index contributed by atoms with van der Waals surface area (Å²) in [6.07, 6.45) is 4.27. The summed E-state index contributed by atoms with van der Waals surface area (Å²) >= 11 is 0. The molecule has 2 rings (SSSR count). The Balaban J connectivity index is 2.41. The molecule has 0 fully saturated rings. The number of hydrogen-bond acceptors (Lipinski definition) is 4. The van der Waals surface area contributed by atoms with Crippen molar-refractivity contribution in [1.82, 2.24) is 0 Å². The van der Waals surface area contributed by atoms with Crippen molar-refractivity contribution in [1.29, 1.82) is 0 Å². The van der Waals surface area contributed by atoms with Crippen LogP contribution in [0.1, 0.15) is 17.2 Å². The maximum atomic E-state index is 11.4. The molecule has 1 atom stereocenters. The first kappa shape index (κ1) is 11.9. The van der Waals surface area contributed by atoms with Crippen LogP contribution in [0.4, 0.5) is 0 Å². The van der Waals surface area contributed by atoms with Crippen LogP contribution in [0, 0.1) is 0 Å². The number of rotatable bonds is 3. The number of hydrogen-bond donors (Lipinski definition) is 1. The van der Waals surface area contributed by atoms with Crippen molar-refractivity contribution >= 4 is 9.84 Å². The van der Waals surface area contributed by atoms with Gasteiger partial charge in [-0.1, -0.05) is 12.1 Å². The molecule has 0 aliphatic rings. The second-order valence-corrected chi connectivity index (χ2v) is 5.89. The lowest BCUT2D eigenvalue weighted by atomic mass is 10.0. The van der Waals surface area contributed by atoms with Gasteiger partial charge in [0.2, 0.25) is 0 Å². The number of benzene rings is 1. The van der Waals surface area contributed by atoms with Crippen LogP contribution in [0.3, 0.4) is 0 Å². The summed E-state index contributed by atoms with van der Waals surface area (Å²) in [6, 6.07) is 8.01. The second kappa shape index (κ2) is 4.35. The van der Waals surface area contributed by atoms with Crippen molar-refractivity contribution in [3.8, 4) is 0 Å². The van der Waals surface area contributed by atoms with Crippen LogP contribution in [0.5, 0.6) is 0 Å². The Morgan fingerprint density at radius 2 is 2.00 bits per heavy atom. The Morgan fingerprint density at radius 1 is 1.24 bits per heavy atom. The van der Waals surface area contributed by atoms with Gasteiger partial charge in [-0.3, -0.25) is 0 Å². The van der Waals surface area contributed by atoms with Crippen LogP contribution in [-0.2, 0) is 9.84 Å². The van der Waals surface area contributed by atoms with E-state index in [0.29, 0.717) is 0 Å².